The molecule has 4 heterocycles. The fourth-order valence-corrected chi connectivity index (χ4v) is 6.76. The number of nitrogens with zero attached hydrogens (tertiary/aromatic N) is 5. The lowest BCUT2D eigenvalue weighted by Gasteiger charge is -2.37. The van der Waals surface area contributed by atoms with Gasteiger partial charge in [0.2, 0.25) is 0 Å². The number of carbonyl (C=O) groups excluding carboxylic acids is 1. The SMILES string of the molecule is CCc1c(F)ccc2cc(O)cc(-c3ncc4c(N5CCC[C@@](C)(O)C5)nc(OC[C@@H]5C[C@@H](NC(=O)NC)CN5C)nc4c3F)c12. The number of nitrogens with one attached hydrogen (secondary N) is 2. The summed E-state index contributed by atoms with van der Waals surface area (Å²) >= 11 is 0. The van der Waals surface area contributed by atoms with Crippen LogP contribution < -0.4 is 20.3 Å². The number of amides is 2. The number of phenolic OH excluding ortho intramolecular Hbond substituents is 1. The molecule has 6 rings (SSSR count). The van der Waals surface area contributed by atoms with Gasteiger partial charge in [-0.25, -0.2) is 13.6 Å². The van der Waals surface area contributed by atoms with E-state index >= 15 is 4.39 Å². The molecule has 0 unspecified atom stereocenters. The number of aliphatic hydroxyl groups is 1. The van der Waals surface area contributed by atoms with E-state index in [1.165, 1.54) is 24.4 Å². The minimum absolute atomic E-state index is 0.0408. The Morgan fingerprint density at radius 2 is 2.04 bits per heavy atom. The molecule has 2 saturated heterocycles. The number of likely N-dealkylation sites (N-methyl/N-ethyl adjacent to an activating group) is 1. The van der Waals surface area contributed by atoms with E-state index in [0.717, 1.165) is 0 Å². The van der Waals surface area contributed by atoms with Gasteiger partial charge in [0, 0.05) is 50.5 Å². The van der Waals surface area contributed by atoms with Gasteiger partial charge in [0.25, 0.3) is 0 Å². The molecule has 2 aliphatic heterocycles. The minimum Gasteiger partial charge on any atom is -0.508 e. The third-order valence-electron chi connectivity index (χ3n) is 9.03. The van der Waals surface area contributed by atoms with E-state index in [2.05, 4.69) is 25.5 Å². The van der Waals surface area contributed by atoms with Crippen LogP contribution in [-0.2, 0) is 6.42 Å². The fourth-order valence-electron chi connectivity index (χ4n) is 6.76. The van der Waals surface area contributed by atoms with Crippen LogP contribution in [0.1, 0.15) is 38.7 Å². The average molecular weight is 636 g/mol. The van der Waals surface area contributed by atoms with Crippen LogP contribution in [0.2, 0.25) is 0 Å². The van der Waals surface area contributed by atoms with Gasteiger partial charge in [-0.3, -0.25) is 9.88 Å². The van der Waals surface area contributed by atoms with Crippen LogP contribution in [0, 0.1) is 11.6 Å². The molecule has 0 saturated carbocycles. The maximum atomic E-state index is 16.7. The van der Waals surface area contributed by atoms with Gasteiger partial charge in [0.1, 0.15) is 35.2 Å². The number of ether oxygens (including phenoxy) is 1. The molecule has 46 heavy (non-hydrogen) atoms. The zero-order valence-corrected chi connectivity index (χ0v) is 26.4. The van der Waals surface area contributed by atoms with Crippen molar-refractivity contribution < 1.29 is 28.5 Å². The first-order valence-corrected chi connectivity index (χ1v) is 15.6. The number of benzene rings is 2. The van der Waals surface area contributed by atoms with Crippen LogP contribution in [0.5, 0.6) is 11.8 Å². The summed E-state index contributed by atoms with van der Waals surface area (Å²) < 4.78 is 37.8. The molecule has 244 valence electrons. The molecule has 2 amide bonds. The van der Waals surface area contributed by atoms with Gasteiger partial charge in [0.15, 0.2) is 5.82 Å². The second-order valence-electron chi connectivity index (χ2n) is 12.6. The van der Waals surface area contributed by atoms with Gasteiger partial charge in [-0.05, 0) is 74.2 Å². The van der Waals surface area contributed by atoms with Crippen molar-refractivity contribution in [2.45, 2.75) is 57.2 Å². The number of aromatic nitrogens is 3. The molecule has 11 nitrogen and oxygen atoms in total. The molecular weight excluding hydrogens is 596 g/mol. The summed E-state index contributed by atoms with van der Waals surface area (Å²) in [4.78, 5) is 29.5. The Morgan fingerprint density at radius 3 is 2.78 bits per heavy atom. The highest BCUT2D eigenvalue weighted by atomic mass is 19.1. The summed E-state index contributed by atoms with van der Waals surface area (Å²) in [7, 11) is 3.50. The van der Waals surface area contributed by atoms with Crippen molar-refractivity contribution in [2.75, 3.05) is 45.2 Å². The Balaban J connectivity index is 1.44. The Bertz CT molecular complexity index is 1800. The molecule has 0 aliphatic carbocycles. The van der Waals surface area contributed by atoms with Crippen LogP contribution in [0.3, 0.4) is 0 Å². The molecule has 13 heteroatoms. The molecule has 2 fully saturated rings. The molecular formula is C33H39F2N7O4. The number of rotatable bonds is 7. The molecule has 0 radical (unpaired) electrons. The first kappa shape index (κ1) is 31.6. The van der Waals surface area contributed by atoms with Gasteiger partial charge in [-0.15, -0.1) is 0 Å². The molecule has 2 aliphatic rings. The minimum atomic E-state index is -0.969. The number of fused-ring (bicyclic) bond motifs is 2. The van der Waals surface area contributed by atoms with E-state index in [9.17, 15) is 19.4 Å². The number of aromatic hydroxyl groups is 1. The molecule has 4 aromatic rings. The monoisotopic (exact) mass is 635 g/mol. The van der Waals surface area contributed by atoms with Crippen molar-refractivity contribution in [2.24, 2.45) is 0 Å². The van der Waals surface area contributed by atoms with Crippen LogP contribution in [-0.4, -0.2) is 94.1 Å². The molecule has 4 N–H and O–H groups in total. The Kier molecular flexibility index (Phi) is 8.55. The fraction of sp³-hybridized carbons (Fsp3) is 0.455. The number of phenols is 1. The predicted octanol–water partition coefficient (Wildman–Crippen LogP) is 4.12. The lowest BCUT2D eigenvalue weighted by molar-refractivity contribution is 0.0447. The van der Waals surface area contributed by atoms with E-state index in [0.29, 0.717) is 66.3 Å². The number of carbonyl (C=O) groups is 1. The number of pyridine rings is 1. The van der Waals surface area contributed by atoms with E-state index in [1.807, 2.05) is 18.9 Å². The second kappa shape index (κ2) is 12.4. The van der Waals surface area contributed by atoms with Crippen molar-refractivity contribution in [1.82, 2.24) is 30.5 Å². The second-order valence-corrected chi connectivity index (χ2v) is 12.6. The smallest absolute Gasteiger partial charge is 0.319 e. The summed E-state index contributed by atoms with van der Waals surface area (Å²) in [5.41, 5.74) is -0.463. The number of piperidine rings is 1. The number of halogens is 2. The highest BCUT2D eigenvalue weighted by Crippen LogP contribution is 2.39. The summed E-state index contributed by atoms with van der Waals surface area (Å²) in [6.45, 7) is 5.26. The summed E-state index contributed by atoms with van der Waals surface area (Å²) in [5.74, 6) is -0.908. The highest BCUT2D eigenvalue weighted by molar-refractivity contribution is 6.01. The molecule has 3 atom stereocenters. The number of hydrogen-bond donors (Lipinski definition) is 4. The summed E-state index contributed by atoms with van der Waals surface area (Å²) in [5, 5.41) is 28.3. The molecule has 0 bridgehead atoms. The lowest BCUT2D eigenvalue weighted by Crippen LogP contribution is -2.46. The van der Waals surface area contributed by atoms with Gasteiger partial charge in [0.05, 0.1) is 11.0 Å². The van der Waals surface area contributed by atoms with Crippen molar-refractivity contribution in [1.29, 1.82) is 0 Å². The number of urea groups is 1. The Morgan fingerprint density at radius 1 is 1.24 bits per heavy atom. The number of aryl methyl sites for hydroxylation is 1. The van der Waals surface area contributed by atoms with Gasteiger partial charge < -0.3 is 30.5 Å². The highest BCUT2D eigenvalue weighted by Gasteiger charge is 2.33. The van der Waals surface area contributed by atoms with E-state index in [-0.39, 0.29) is 59.8 Å². The van der Waals surface area contributed by atoms with E-state index in [1.54, 1.807) is 20.0 Å². The Hall–Kier alpha value is -4.36. The average Bonchev–Trinajstić information content (AvgIpc) is 3.37. The standard InChI is InChI=1S/C33H39F2N7O4/c1-5-22-25(34)8-7-18-11-21(43)13-23(26(18)22)28-27(35)29-24(14-37-28)30(42-10-6-9-33(2,45)17-42)40-32(39-29)46-16-20-12-19(15-41(20)4)38-31(44)36-3/h7-8,11,13-14,19-20,43,45H,5-6,9-10,12,15-17H2,1-4H3,(H2,36,38,44)/t19-,20+,33-/m1/s1. The lowest BCUT2D eigenvalue weighted by atomic mass is 9.94. The topological polar surface area (TPSA) is 136 Å². The maximum Gasteiger partial charge on any atom is 0.319 e. The molecule has 2 aromatic heterocycles. The van der Waals surface area contributed by atoms with Crippen LogP contribution in [0.15, 0.2) is 30.5 Å². The van der Waals surface area contributed by atoms with Crippen molar-refractivity contribution in [3.05, 3.63) is 47.7 Å². The zero-order chi connectivity index (χ0) is 32.7. The van der Waals surface area contributed by atoms with Gasteiger partial charge >= 0.3 is 12.0 Å². The molecule has 0 spiro atoms. The number of β-amino-alcohol motifs (C(OH)–C–C–N with tert-alkyl or cyclic N) is 1. The summed E-state index contributed by atoms with van der Waals surface area (Å²) in [6.07, 6.45) is 3.80. The summed E-state index contributed by atoms with van der Waals surface area (Å²) in [6, 6.07) is 5.37. The maximum absolute atomic E-state index is 16.7. The largest absolute Gasteiger partial charge is 0.508 e. The normalized spacial score (nSPS) is 22.0. The molecule has 2 aromatic carbocycles. The number of likely N-dealkylation sites (tertiary alicyclic amines) is 1. The van der Waals surface area contributed by atoms with Crippen molar-refractivity contribution in [3.8, 4) is 23.0 Å². The predicted molar refractivity (Wildman–Crippen MR) is 171 cm³/mol. The van der Waals surface area contributed by atoms with Crippen LogP contribution in [0.25, 0.3) is 32.9 Å². The first-order chi connectivity index (χ1) is 22.0. The van der Waals surface area contributed by atoms with Gasteiger partial charge in [-0.1, -0.05) is 13.0 Å². The van der Waals surface area contributed by atoms with Gasteiger partial charge in [-0.2, -0.15) is 9.97 Å². The van der Waals surface area contributed by atoms with E-state index < -0.39 is 17.2 Å². The Labute approximate surface area is 265 Å². The quantitative estimate of drug-likeness (QED) is 0.237. The van der Waals surface area contributed by atoms with Crippen LogP contribution >= 0.6 is 0 Å². The third kappa shape index (κ3) is 6.08. The van der Waals surface area contributed by atoms with Crippen molar-refractivity contribution >= 4 is 33.5 Å². The van der Waals surface area contributed by atoms with Crippen molar-refractivity contribution in [3.63, 3.8) is 0 Å². The first-order valence-electron chi connectivity index (χ1n) is 15.6. The van der Waals surface area contributed by atoms with Crippen LogP contribution in [0.4, 0.5) is 19.4 Å². The zero-order valence-electron chi connectivity index (χ0n) is 26.4. The number of hydrogen-bond acceptors (Lipinski definition) is 9. The third-order valence-corrected chi connectivity index (χ3v) is 9.03. The number of anilines is 1. The van der Waals surface area contributed by atoms with E-state index in [4.69, 9.17) is 9.72 Å².